The van der Waals surface area contributed by atoms with Crippen LogP contribution in [0.5, 0.6) is 0 Å². The lowest BCUT2D eigenvalue weighted by Crippen LogP contribution is -2.43. The molecule has 1 aliphatic rings. The molecule has 0 heterocycles. The minimum Gasteiger partial charge on any atom is -0.481 e. The Hall–Kier alpha value is -3.93. The summed E-state index contributed by atoms with van der Waals surface area (Å²) in [5.41, 5.74) is 4.78. The molecular weight excluding hydrogens is 512 g/mol. The molecule has 0 spiro atoms. The highest BCUT2D eigenvalue weighted by Gasteiger charge is 2.34. The third-order valence-corrected chi connectivity index (χ3v) is 8.27. The Morgan fingerprint density at radius 1 is 0.780 bits per heavy atom. The second-order valence-corrected chi connectivity index (χ2v) is 12.3. The maximum Gasteiger partial charge on any atom is 0.305 e. The number of rotatable bonds is 10. The van der Waals surface area contributed by atoms with E-state index in [9.17, 15) is 14.4 Å². The van der Waals surface area contributed by atoms with E-state index in [4.69, 9.17) is 5.11 Å². The van der Waals surface area contributed by atoms with E-state index >= 15 is 0 Å². The van der Waals surface area contributed by atoms with Gasteiger partial charge < -0.3 is 15.3 Å². The van der Waals surface area contributed by atoms with E-state index in [1.807, 2.05) is 59.5 Å². The van der Waals surface area contributed by atoms with E-state index in [0.29, 0.717) is 23.6 Å². The molecule has 1 aliphatic carbocycles. The maximum atomic E-state index is 14.0. The first-order valence-corrected chi connectivity index (χ1v) is 14.6. The number of carbonyl (C=O) groups is 3. The molecule has 216 valence electrons. The molecule has 0 aromatic heterocycles. The van der Waals surface area contributed by atoms with Crippen LogP contribution in [0.1, 0.15) is 90.3 Å². The average Bonchev–Trinajstić information content (AvgIpc) is 2.96. The van der Waals surface area contributed by atoms with E-state index in [1.165, 1.54) is 11.1 Å². The number of amides is 2. The van der Waals surface area contributed by atoms with Crippen molar-refractivity contribution in [2.45, 2.75) is 71.9 Å². The van der Waals surface area contributed by atoms with Crippen LogP contribution in [-0.2, 0) is 17.8 Å². The molecule has 0 aliphatic heterocycles. The quantitative estimate of drug-likeness (QED) is 0.291. The minimum absolute atomic E-state index is 0.0333. The Labute approximate surface area is 243 Å². The molecular formula is C35H42N2O4. The Morgan fingerprint density at radius 3 is 1.93 bits per heavy atom. The lowest BCUT2D eigenvalue weighted by molar-refractivity contribution is -0.136. The molecule has 2 N–H and O–H groups in total. The molecule has 6 heteroatoms. The number of carbonyl (C=O) groups excluding carboxylic acids is 2. The summed E-state index contributed by atoms with van der Waals surface area (Å²) in [6.45, 7) is 7.46. The van der Waals surface area contributed by atoms with Crippen molar-refractivity contribution in [1.29, 1.82) is 0 Å². The number of benzene rings is 3. The zero-order chi connectivity index (χ0) is 29.4. The standard InChI is InChI=1S/C35H42N2O4/c1-35(2,3)30-17-19-31(20-18-30)37(24-27-11-13-28(14-12-27)33(40)36-22-21-32(38)39)34(41)29-15-9-26(10-16-29)23-25-7-5-4-6-8-25/h4-16,30-31H,17-24H2,1-3H3,(H,36,40)(H,38,39). The zero-order valence-electron chi connectivity index (χ0n) is 24.4. The fraction of sp³-hybridized carbons (Fsp3) is 0.400. The molecule has 2 amide bonds. The number of nitrogens with zero attached hydrogens (tertiary/aromatic N) is 1. The summed E-state index contributed by atoms with van der Waals surface area (Å²) in [5.74, 6) is -0.576. The number of hydrogen-bond acceptors (Lipinski definition) is 3. The Balaban J connectivity index is 1.49. The number of nitrogens with one attached hydrogen (secondary N) is 1. The van der Waals surface area contributed by atoms with Gasteiger partial charge in [-0.05, 0) is 84.4 Å². The van der Waals surface area contributed by atoms with E-state index < -0.39 is 5.97 Å². The summed E-state index contributed by atoms with van der Waals surface area (Å²) in [7, 11) is 0. The van der Waals surface area contributed by atoms with Crippen molar-refractivity contribution < 1.29 is 19.5 Å². The van der Waals surface area contributed by atoms with Gasteiger partial charge in [-0.2, -0.15) is 0 Å². The van der Waals surface area contributed by atoms with Crippen LogP contribution in [-0.4, -0.2) is 40.4 Å². The molecule has 1 saturated carbocycles. The number of aliphatic carboxylic acids is 1. The van der Waals surface area contributed by atoms with Crippen molar-refractivity contribution >= 4 is 17.8 Å². The summed E-state index contributed by atoms with van der Waals surface area (Å²) >= 11 is 0. The van der Waals surface area contributed by atoms with Gasteiger partial charge in [-0.3, -0.25) is 14.4 Å². The summed E-state index contributed by atoms with van der Waals surface area (Å²) < 4.78 is 0. The predicted octanol–water partition coefficient (Wildman–Crippen LogP) is 6.73. The SMILES string of the molecule is CC(C)(C)C1CCC(N(Cc2ccc(C(=O)NCCC(=O)O)cc2)C(=O)c2ccc(Cc3ccccc3)cc2)CC1. The van der Waals surface area contributed by atoms with Crippen LogP contribution in [0.4, 0.5) is 0 Å². The monoisotopic (exact) mass is 554 g/mol. The smallest absolute Gasteiger partial charge is 0.305 e. The van der Waals surface area contributed by atoms with Crippen molar-refractivity contribution in [2.24, 2.45) is 11.3 Å². The lowest BCUT2D eigenvalue weighted by Gasteiger charge is -2.41. The van der Waals surface area contributed by atoms with E-state index in [1.54, 1.807) is 12.1 Å². The van der Waals surface area contributed by atoms with Gasteiger partial charge in [0.25, 0.3) is 11.8 Å². The zero-order valence-corrected chi connectivity index (χ0v) is 24.4. The van der Waals surface area contributed by atoms with Crippen LogP contribution >= 0.6 is 0 Å². The highest BCUT2D eigenvalue weighted by atomic mass is 16.4. The maximum absolute atomic E-state index is 14.0. The molecule has 3 aromatic rings. The van der Waals surface area contributed by atoms with E-state index in [-0.39, 0.29) is 36.2 Å². The van der Waals surface area contributed by atoms with Gasteiger partial charge in [-0.1, -0.05) is 75.4 Å². The van der Waals surface area contributed by atoms with Gasteiger partial charge in [0.2, 0.25) is 0 Å². The number of carboxylic acids is 1. The molecule has 4 rings (SSSR count). The summed E-state index contributed by atoms with van der Waals surface area (Å²) in [4.78, 5) is 39.1. The third kappa shape index (κ3) is 8.53. The van der Waals surface area contributed by atoms with Crippen molar-refractivity contribution in [3.63, 3.8) is 0 Å². The summed E-state index contributed by atoms with van der Waals surface area (Å²) in [6.07, 6.45) is 4.86. The largest absolute Gasteiger partial charge is 0.481 e. The molecule has 6 nitrogen and oxygen atoms in total. The third-order valence-electron chi connectivity index (χ3n) is 8.27. The lowest BCUT2D eigenvalue weighted by atomic mass is 9.71. The predicted molar refractivity (Wildman–Crippen MR) is 162 cm³/mol. The molecule has 41 heavy (non-hydrogen) atoms. The molecule has 3 aromatic carbocycles. The van der Waals surface area contributed by atoms with Crippen LogP contribution in [0.3, 0.4) is 0 Å². The van der Waals surface area contributed by atoms with Crippen LogP contribution in [0.2, 0.25) is 0 Å². The van der Waals surface area contributed by atoms with Gasteiger partial charge in [0.1, 0.15) is 0 Å². The second-order valence-electron chi connectivity index (χ2n) is 12.3. The van der Waals surface area contributed by atoms with Gasteiger partial charge in [0, 0.05) is 30.3 Å². The fourth-order valence-electron chi connectivity index (χ4n) is 5.73. The highest BCUT2D eigenvalue weighted by Crippen LogP contribution is 2.39. The van der Waals surface area contributed by atoms with E-state index in [2.05, 4.69) is 38.2 Å². The number of carboxylic acid groups (broad SMARTS) is 1. The first-order valence-electron chi connectivity index (χ1n) is 14.6. The molecule has 0 atom stereocenters. The Morgan fingerprint density at radius 2 is 1.34 bits per heavy atom. The highest BCUT2D eigenvalue weighted by molar-refractivity contribution is 5.95. The van der Waals surface area contributed by atoms with E-state index in [0.717, 1.165) is 37.7 Å². The van der Waals surface area contributed by atoms with Crippen molar-refractivity contribution in [3.8, 4) is 0 Å². The van der Waals surface area contributed by atoms with Gasteiger partial charge in [0.05, 0.1) is 6.42 Å². The van der Waals surface area contributed by atoms with Crippen LogP contribution < -0.4 is 5.32 Å². The topological polar surface area (TPSA) is 86.7 Å². The second kappa shape index (κ2) is 13.6. The minimum atomic E-state index is -0.951. The normalized spacial score (nSPS) is 17.0. The number of hydrogen-bond donors (Lipinski definition) is 2. The summed E-state index contributed by atoms with van der Waals surface area (Å²) in [5, 5.41) is 11.4. The first-order chi connectivity index (χ1) is 19.6. The average molecular weight is 555 g/mol. The van der Waals surface area contributed by atoms with Gasteiger partial charge in [-0.25, -0.2) is 0 Å². The van der Waals surface area contributed by atoms with Crippen molar-refractivity contribution in [1.82, 2.24) is 10.2 Å². The van der Waals surface area contributed by atoms with Crippen LogP contribution in [0.25, 0.3) is 0 Å². The van der Waals surface area contributed by atoms with Crippen molar-refractivity contribution in [3.05, 3.63) is 107 Å². The molecule has 0 radical (unpaired) electrons. The molecule has 0 bridgehead atoms. The van der Waals surface area contributed by atoms with Gasteiger partial charge in [-0.15, -0.1) is 0 Å². The first kappa shape index (κ1) is 30.0. The Bertz CT molecular complexity index is 1300. The van der Waals surface area contributed by atoms with Gasteiger partial charge >= 0.3 is 5.97 Å². The summed E-state index contributed by atoms with van der Waals surface area (Å²) in [6, 6.07) is 25.7. The Kier molecular flexibility index (Phi) is 9.98. The van der Waals surface area contributed by atoms with Crippen LogP contribution in [0.15, 0.2) is 78.9 Å². The fourth-order valence-corrected chi connectivity index (χ4v) is 5.73. The molecule has 0 saturated heterocycles. The molecule has 1 fully saturated rings. The van der Waals surface area contributed by atoms with Gasteiger partial charge in [0.15, 0.2) is 0 Å². The van der Waals surface area contributed by atoms with Crippen molar-refractivity contribution in [2.75, 3.05) is 6.54 Å². The van der Waals surface area contributed by atoms with Crippen LogP contribution in [0, 0.1) is 11.3 Å². The molecule has 0 unspecified atom stereocenters.